The van der Waals surface area contributed by atoms with E-state index in [1.807, 2.05) is 6.07 Å². The largest absolute Gasteiger partial charge is 0.482 e. The zero-order valence-corrected chi connectivity index (χ0v) is 13.2. The van der Waals surface area contributed by atoms with E-state index >= 15 is 0 Å². The van der Waals surface area contributed by atoms with Gasteiger partial charge in [-0.2, -0.15) is 0 Å². The molecule has 1 aliphatic heterocycles. The predicted molar refractivity (Wildman–Crippen MR) is 83.2 cm³/mol. The molecule has 0 saturated heterocycles. The van der Waals surface area contributed by atoms with Crippen LogP contribution in [-0.2, 0) is 11.3 Å². The van der Waals surface area contributed by atoms with Gasteiger partial charge in [-0.1, -0.05) is 12.1 Å². The highest BCUT2D eigenvalue weighted by atomic mass is 16.6. The number of aryl methyl sites for hydroxylation is 1. The van der Waals surface area contributed by atoms with Crippen LogP contribution in [0.5, 0.6) is 11.5 Å². The summed E-state index contributed by atoms with van der Waals surface area (Å²) < 4.78 is 16.7. The van der Waals surface area contributed by atoms with E-state index in [1.165, 1.54) is 6.07 Å². The number of furan rings is 1. The zero-order chi connectivity index (χ0) is 17.3. The second kappa shape index (κ2) is 6.27. The summed E-state index contributed by atoms with van der Waals surface area (Å²) >= 11 is 0. The number of ether oxygens (including phenoxy) is 2. The highest BCUT2D eigenvalue weighted by molar-refractivity contribution is 5.88. The molecule has 24 heavy (non-hydrogen) atoms. The molecular formula is C17H17NO6. The fourth-order valence-corrected chi connectivity index (χ4v) is 2.52. The van der Waals surface area contributed by atoms with E-state index in [9.17, 15) is 9.59 Å². The average Bonchev–Trinajstić information content (AvgIpc) is 2.93. The first-order chi connectivity index (χ1) is 11.5. The summed E-state index contributed by atoms with van der Waals surface area (Å²) in [7, 11) is 0. The zero-order valence-electron chi connectivity index (χ0n) is 13.2. The number of hydrogen-bond acceptors (Lipinski definition) is 5. The van der Waals surface area contributed by atoms with Crippen LogP contribution in [0.3, 0.4) is 0 Å². The van der Waals surface area contributed by atoms with Crippen molar-refractivity contribution >= 4 is 11.9 Å². The molecule has 2 heterocycles. The highest BCUT2D eigenvalue weighted by Crippen LogP contribution is 2.33. The lowest BCUT2D eigenvalue weighted by molar-refractivity contribution is -0.133. The molecule has 7 nitrogen and oxygen atoms in total. The first kappa shape index (κ1) is 15.9. The monoisotopic (exact) mass is 331 g/mol. The molecule has 0 bridgehead atoms. The first-order valence-corrected chi connectivity index (χ1v) is 7.48. The Bertz CT molecular complexity index is 781. The van der Waals surface area contributed by atoms with Crippen molar-refractivity contribution in [1.82, 2.24) is 5.32 Å². The van der Waals surface area contributed by atoms with E-state index in [1.54, 1.807) is 32.0 Å². The van der Waals surface area contributed by atoms with Crippen LogP contribution >= 0.6 is 0 Å². The Morgan fingerprint density at radius 2 is 1.88 bits per heavy atom. The van der Waals surface area contributed by atoms with Gasteiger partial charge in [0.15, 0.2) is 11.5 Å². The topological polar surface area (TPSA) is 98.0 Å². The van der Waals surface area contributed by atoms with Crippen LogP contribution in [0.1, 0.15) is 28.8 Å². The predicted octanol–water partition coefficient (Wildman–Crippen LogP) is 2.13. The number of carbonyl (C=O) groups excluding carboxylic acids is 1. The minimum absolute atomic E-state index is 0.0706. The Balaban J connectivity index is 1.65. The van der Waals surface area contributed by atoms with E-state index in [0.717, 1.165) is 0 Å². The molecule has 1 aliphatic rings. The van der Waals surface area contributed by atoms with Crippen LogP contribution in [0.4, 0.5) is 0 Å². The van der Waals surface area contributed by atoms with Gasteiger partial charge < -0.3 is 24.3 Å². The maximum absolute atomic E-state index is 12.3. The number of hydrogen-bond donors (Lipinski definition) is 2. The molecule has 0 aliphatic carbocycles. The number of carboxylic acid groups (broad SMARTS) is 1. The van der Waals surface area contributed by atoms with Gasteiger partial charge in [-0.25, -0.2) is 4.79 Å². The summed E-state index contributed by atoms with van der Waals surface area (Å²) in [5, 5.41) is 11.7. The minimum atomic E-state index is -1.07. The van der Waals surface area contributed by atoms with Crippen LogP contribution < -0.4 is 14.8 Å². The van der Waals surface area contributed by atoms with E-state index < -0.39 is 18.2 Å². The lowest BCUT2D eigenvalue weighted by atomic mass is 10.1. The molecule has 7 heteroatoms. The number of amides is 1. The van der Waals surface area contributed by atoms with Crippen molar-refractivity contribution in [3.63, 3.8) is 0 Å². The Labute approximate surface area is 138 Å². The summed E-state index contributed by atoms with van der Waals surface area (Å²) in [5.41, 5.74) is 0.0822. The molecule has 3 rings (SSSR count). The fourth-order valence-electron chi connectivity index (χ4n) is 2.52. The fraction of sp³-hybridized carbons (Fsp3) is 0.294. The van der Waals surface area contributed by atoms with Crippen molar-refractivity contribution in [2.24, 2.45) is 0 Å². The van der Waals surface area contributed by atoms with Crippen LogP contribution in [0.2, 0.25) is 0 Å². The van der Waals surface area contributed by atoms with Gasteiger partial charge in [0, 0.05) is 0 Å². The summed E-state index contributed by atoms with van der Waals surface area (Å²) in [6.45, 7) is 3.38. The Kier molecular flexibility index (Phi) is 4.16. The maximum Gasteiger partial charge on any atom is 0.339 e. The Morgan fingerprint density at radius 1 is 1.21 bits per heavy atom. The minimum Gasteiger partial charge on any atom is -0.482 e. The summed E-state index contributed by atoms with van der Waals surface area (Å²) in [6, 6.07) is 8.53. The number of nitrogens with one attached hydrogen (secondary N) is 1. The van der Waals surface area contributed by atoms with Crippen LogP contribution in [0, 0.1) is 6.92 Å². The molecule has 2 atom stereocenters. The van der Waals surface area contributed by atoms with Gasteiger partial charge in [0.2, 0.25) is 6.10 Å². The van der Waals surface area contributed by atoms with Crippen LogP contribution in [-0.4, -0.2) is 29.2 Å². The number of benzene rings is 1. The number of fused-ring (bicyclic) bond motifs is 1. The molecule has 0 radical (unpaired) electrons. The number of rotatable bonds is 4. The Hall–Kier alpha value is -2.96. The molecule has 126 valence electrons. The molecule has 1 aromatic carbocycles. The van der Waals surface area contributed by atoms with Crippen molar-refractivity contribution in [3.05, 3.63) is 47.4 Å². The lowest BCUT2D eigenvalue weighted by Crippen LogP contribution is -2.48. The standard InChI is InChI=1S/C17H17NO6/c1-9-12(17(20)21)7-11(22-9)8-18-16(19)15-10(2)23-13-5-3-4-6-14(13)24-15/h3-7,10,15H,8H2,1-2H3,(H,18,19)(H,20,21). The average molecular weight is 331 g/mol. The normalized spacial score (nSPS) is 18.9. The summed E-state index contributed by atoms with van der Waals surface area (Å²) in [6.07, 6.45) is -1.25. The van der Waals surface area contributed by atoms with Gasteiger partial charge in [0.25, 0.3) is 5.91 Å². The van der Waals surface area contributed by atoms with Crippen molar-refractivity contribution < 1.29 is 28.6 Å². The van der Waals surface area contributed by atoms with Gasteiger partial charge in [0.05, 0.1) is 6.54 Å². The molecule has 1 aromatic heterocycles. The van der Waals surface area contributed by atoms with Crippen LogP contribution in [0.15, 0.2) is 34.7 Å². The van der Waals surface area contributed by atoms with E-state index in [0.29, 0.717) is 23.0 Å². The number of para-hydroxylation sites is 2. The molecule has 2 unspecified atom stereocenters. The first-order valence-electron chi connectivity index (χ1n) is 7.48. The molecular weight excluding hydrogens is 314 g/mol. The van der Waals surface area contributed by atoms with Crippen molar-refractivity contribution in [2.75, 3.05) is 0 Å². The highest BCUT2D eigenvalue weighted by Gasteiger charge is 2.34. The quantitative estimate of drug-likeness (QED) is 0.890. The molecule has 2 N–H and O–H groups in total. The number of carboxylic acids is 1. The van der Waals surface area contributed by atoms with Crippen LogP contribution in [0.25, 0.3) is 0 Å². The number of carbonyl (C=O) groups is 2. The van der Waals surface area contributed by atoms with E-state index in [4.69, 9.17) is 19.0 Å². The van der Waals surface area contributed by atoms with Crippen molar-refractivity contribution in [2.45, 2.75) is 32.6 Å². The molecule has 0 spiro atoms. The lowest BCUT2D eigenvalue weighted by Gasteiger charge is -2.30. The number of aromatic carboxylic acids is 1. The maximum atomic E-state index is 12.3. The van der Waals surface area contributed by atoms with Crippen molar-refractivity contribution in [1.29, 1.82) is 0 Å². The molecule has 1 amide bonds. The third-order valence-electron chi connectivity index (χ3n) is 3.74. The molecule has 0 saturated carbocycles. The molecule has 2 aromatic rings. The third kappa shape index (κ3) is 3.05. The Morgan fingerprint density at radius 3 is 2.50 bits per heavy atom. The summed E-state index contributed by atoms with van der Waals surface area (Å²) in [4.78, 5) is 23.3. The van der Waals surface area contributed by atoms with Gasteiger partial charge >= 0.3 is 5.97 Å². The van der Waals surface area contributed by atoms with Gasteiger partial charge in [-0.3, -0.25) is 4.79 Å². The van der Waals surface area contributed by atoms with Gasteiger partial charge in [-0.05, 0) is 32.0 Å². The second-order valence-corrected chi connectivity index (χ2v) is 5.51. The van der Waals surface area contributed by atoms with Gasteiger partial charge in [-0.15, -0.1) is 0 Å². The van der Waals surface area contributed by atoms with Crippen molar-refractivity contribution in [3.8, 4) is 11.5 Å². The smallest absolute Gasteiger partial charge is 0.339 e. The molecule has 0 fully saturated rings. The third-order valence-corrected chi connectivity index (χ3v) is 3.74. The SMILES string of the molecule is Cc1oc(CNC(=O)C2Oc3ccccc3OC2C)cc1C(=O)O. The summed E-state index contributed by atoms with van der Waals surface area (Å²) in [5.74, 6) is 0.347. The van der Waals surface area contributed by atoms with Gasteiger partial charge in [0.1, 0.15) is 23.2 Å². The second-order valence-electron chi connectivity index (χ2n) is 5.51. The van der Waals surface area contributed by atoms with E-state index in [2.05, 4.69) is 5.32 Å². The van der Waals surface area contributed by atoms with E-state index in [-0.39, 0.29) is 18.0 Å².